The first kappa shape index (κ1) is 25.1. The van der Waals surface area contributed by atoms with Gasteiger partial charge < -0.3 is 9.47 Å². The van der Waals surface area contributed by atoms with Crippen LogP contribution in [0.4, 0.5) is 13.2 Å². The van der Waals surface area contributed by atoms with E-state index in [1.54, 1.807) is 30.3 Å². The molecule has 0 aliphatic carbocycles. The number of benzene rings is 3. The quantitative estimate of drug-likeness (QED) is 0.285. The third kappa shape index (κ3) is 5.79. The Morgan fingerprint density at radius 3 is 2.34 bits per heavy atom. The molecule has 5 heteroatoms. The third-order valence-electron chi connectivity index (χ3n) is 6.53. The van der Waals surface area contributed by atoms with Gasteiger partial charge in [0.2, 0.25) is 5.82 Å². The average Bonchev–Trinajstić information content (AvgIpc) is 2.89. The Hall–Kier alpha value is -3.05. The van der Waals surface area contributed by atoms with Gasteiger partial charge in [0.05, 0.1) is 19.3 Å². The van der Waals surface area contributed by atoms with Crippen LogP contribution in [0.5, 0.6) is 5.75 Å². The summed E-state index contributed by atoms with van der Waals surface area (Å²) >= 11 is 0. The van der Waals surface area contributed by atoms with E-state index >= 15 is 0 Å². The van der Waals surface area contributed by atoms with E-state index in [-0.39, 0.29) is 23.2 Å². The molecule has 2 unspecified atom stereocenters. The minimum atomic E-state index is -0.991. The second-order valence-corrected chi connectivity index (χ2v) is 9.03. The summed E-state index contributed by atoms with van der Waals surface area (Å²) in [5.74, 6) is -1.81. The molecule has 1 aliphatic heterocycles. The van der Waals surface area contributed by atoms with Gasteiger partial charge in [-0.3, -0.25) is 0 Å². The Balaban J connectivity index is 1.47. The fourth-order valence-electron chi connectivity index (χ4n) is 4.52. The van der Waals surface area contributed by atoms with Crippen molar-refractivity contribution < 1.29 is 22.6 Å². The molecule has 0 spiro atoms. The number of halogens is 3. The molecule has 1 saturated heterocycles. The largest absolute Gasteiger partial charge is 0.490 e. The van der Waals surface area contributed by atoms with E-state index in [0.717, 1.165) is 31.2 Å². The maximum Gasteiger partial charge on any atom is 0.201 e. The summed E-state index contributed by atoms with van der Waals surface area (Å²) in [6, 6.07) is 15.1. The molecule has 0 aromatic heterocycles. The zero-order chi connectivity index (χ0) is 24.8. The zero-order valence-corrected chi connectivity index (χ0v) is 20.0. The van der Waals surface area contributed by atoms with Gasteiger partial charge in [0.15, 0.2) is 11.6 Å². The Labute approximate surface area is 205 Å². The summed E-state index contributed by atoms with van der Waals surface area (Å²) in [4.78, 5) is 0. The molecular formula is C30H31F3O2. The smallest absolute Gasteiger partial charge is 0.201 e. The van der Waals surface area contributed by atoms with Crippen LogP contribution in [-0.4, -0.2) is 13.2 Å². The molecule has 2 atom stereocenters. The van der Waals surface area contributed by atoms with Gasteiger partial charge in [-0.1, -0.05) is 49.4 Å². The molecule has 1 aliphatic rings. The van der Waals surface area contributed by atoms with E-state index < -0.39 is 11.6 Å². The first-order chi connectivity index (χ1) is 17.0. The molecule has 0 radical (unpaired) electrons. The fourth-order valence-corrected chi connectivity index (χ4v) is 4.52. The van der Waals surface area contributed by atoms with Crippen LogP contribution in [0.1, 0.15) is 50.7 Å². The van der Waals surface area contributed by atoms with E-state index in [9.17, 15) is 13.2 Å². The fraction of sp³-hybridized carbons (Fsp3) is 0.333. The number of rotatable bonds is 9. The summed E-state index contributed by atoms with van der Waals surface area (Å²) in [5.41, 5.74) is 2.77. The predicted molar refractivity (Wildman–Crippen MR) is 134 cm³/mol. The van der Waals surface area contributed by atoms with E-state index in [4.69, 9.17) is 9.47 Å². The third-order valence-corrected chi connectivity index (χ3v) is 6.53. The van der Waals surface area contributed by atoms with Crippen molar-refractivity contribution in [2.75, 3.05) is 13.2 Å². The van der Waals surface area contributed by atoms with Gasteiger partial charge in [0.25, 0.3) is 0 Å². The van der Waals surface area contributed by atoms with Crippen LogP contribution >= 0.6 is 0 Å². The molecule has 1 fully saturated rings. The molecular weight excluding hydrogens is 449 g/mol. The molecule has 0 amide bonds. The van der Waals surface area contributed by atoms with Gasteiger partial charge in [-0.05, 0) is 72.9 Å². The second-order valence-electron chi connectivity index (χ2n) is 9.03. The van der Waals surface area contributed by atoms with Crippen molar-refractivity contribution in [2.24, 2.45) is 5.92 Å². The average molecular weight is 481 g/mol. The lowest BCUT2D eigenvalue weighted by Gasteiger charge is -2.29. The predicted octanol–water partition coefficient (Wildman–Crippen LogP) is 8.66. The van der Waals surface area contributed by atoms with Crippen molar-refractivity contribution in [3.8, 4) is 28.0 Å². The lowest BCUT2D eigenvalue weighted by molar-refractivity contribution is -0.0207. The topological polar surface area (TPSA) is 18.5 Å². The highest BCUT2D eigenvalue weighted by molar-refractivity contribution is 5.71. The number of hydrogen-bond donors (Lipinski definition) is 0. The molecule has 3 aromatic carbocycles. The highest BCUT2D eigenvalue weighted by Crippen LogP contribution is 2.36. The normalized spacial score (nSPS) is 17.8. The molecule has 2 nitrogen and oxygen atoms in total. The van der Waals surface area contributed by atoms with Crippen LogP contribution < -0.4 is 4.74 Å². The van der Waals surface area contributed by atoms with Crippen LogP contribution in [0.25, 0.3) is 22.3 Å². The van der Waals surface area contributed by atoms with Gasteiger partial charge in [-0.15, -0.1) is 6.58 Å². The van der Waals surface area contributed by atoms with Crippen molar-refractivity contribution in [1.82, 2.24) is 0 Å². The summed E-state index contributed by atoms with van der Waals surface area (Å²) in [7, 11) is 0. The van der Waals surface area contributed by atoms with Crippen LogP contribution in [-0.2, 0) is 4.74 Å². The van der Waals surface area contributed by atoms with Crippen molar-refractivity contribution in [3.63, 3.8) is 0 Å². The first-order valence-electron chi connectivity index (χ1n) is 12.2. The van der Waals surface area contributed by atoms with Gasteiger partial charge in [0, 0.05) is 11.1 Å². The second kappa shape index (κ2) is 11.6. The lowest BCUT2D eigenvalue weighted by atomic mass is 9.90. The minimum Gasteiger partial charge on any atom is -0.490 e. The van der Waals surface area contributed by atoms with Crippen molar-refractivity contribution in [2.45, 2.75) is 45.1 Å². The minimum absolute atomic E-state index is 0.0884. The number of allylic oxidation sites excluding steroid dienone is 1. The van der Waals surface area contributed by atoms with Gasteiger partial charge in [0.1, 0.15) is 5.82 Å². The van der Waals surface area contributed by atoms with Crippen molar-refractivity contribution in [1.29, 1.82) is 0 Å². The SMILES string of the molecule is C=CCCC1CCC(c2ccc(-c3ccc(-c4ccc(OCCC)c(F)c4F)cc3)cc2F)OC1. The molecule has 35 heavy (non-hydrogen) atoms. The maximum absolute atomic E-state index is 15.0. The Morgan fingerprint density at radius 1 is 0.943 bits per heavy atom. The van der Waals surface area contributed by atoms with Crippen LogP contribution in [0, 0.1) is 23.4 Å². The Kier molecular flexibility index (Phi) is 8.29. The monoisotopic (exact) mass is 480 g/mol. The Morgan fingerprint density at radius 2 is 1.69 bits per heavy atom. The molecule has 0 saturated carbocycles. The highest BCUT2D eigenvalue weighted by Gasteiger charge is 2.25. The van der Waals surface area contributed by atoms with Crippen LogP contribution in [0.2, 0.25) is 0 Å². The Bertz CT molecular complexity index is 1150. The van der Waals surface area contributed by atoms with E-state index in [2.05, 4.69) is 6.58 Å². The number of ether oxygens (including phenoxy) is 2. The molecule has 184 valence electrons. The lowest BCUT2D eigenvalue weighted by Crippen LogP contribution is -2.21. The molecule has 0 bridgehead atoms. The first-order valence-corrected chi connectivity index (χ1v) is 12.2. The standard InChI is InChI=1S/C30H31F3O2/c1-3-5-6-20-7-15-27(35-19-20)25-13-12-23(18-26(25)31)21-8-10-22(11-9-21)24-14-16-28(34-17-4-2)30(33)29(24)32/h3,8-14,16,18,20,27H,1,4-7,15,17,19H2,2H3. The molecule has 3 aromatic rings. The zero-order valence-electron chi connectivity index (χ0n) is 20.0. The van der Waals surface area contributed by atoms with Crippen molar-refractivity contribution in [3.05, 3.63) is 90.3 Å². The number of hydrogen-bond acceptors (Lipinski definition) is 2. The maximum atomic E-state index is 15.0. The molecule has 0 N–H and O–H groups in total. The van der Waals surface area contributed by atoms with Gasteiger partial charge in [-0.2, -0.15) is 4.39 Å². The highest BCUT2D eigenvalue weighted by atomic mass is 19.2. The molecule has 4 rings (SSSR count). The summed E-state index contributed by atoms with van der Waals surface area (Å²) < 4.78 is 55.2. The van der Waals surface area contributed by atoms with E-state index in [1.807, 2.05) is 19.1 Å². The van der Waals surface area contributed by atoms with Crippen LogP contribution in [0.15, 0.2) is 67.3 Å². The summed E-state index contributed by atoms with van der Waals surface area (Å²) in [6.45, 7) is 6.63. The molecule has 1 heterocycles. The summed E-state index contributed by atoms with van der Waals surface area (Å²) in [5, 5.41) is 0. The summed E-state index contributed by atoms with van der Waals surface area (Å²) in [6.07, 6.45) is 6.25. The van der Waals surface area contributed by atoms with Gasteiger partial charge in [-0.25, -0.2) is 8.78 Å². The van der Waals surface area contributed by atoms with E-state index in [1.165, 1.54) is 18.2 Å². The van der Waals surface area contributed by atoms with Gasteiger partial charge >= 0.3 is 0 Å². The van der Waals surface area contributed by atoms with Crippen molar-refractivity contribution >= 4 is 0 Å². The van der Waals surface area contributed by atoms with Crippen LogP contribution in [0.3, 0.4) is 0 Å². The van der Waals surface area contributed by atoms with E-state index in [0.29, 0.717) is 42.2 Å².